The fraction of sp³-hybridized carbons (Fsp3) is 0.333. The lowest BCUT2D eigenvalue weighted by molar-refractivity contribution is 0.0699. The van der Waals surface area contributed by atoms with Crippen LogP contribution in [0.2, 0.25) is 0 Å². The average molecular weight is 214 g/mol. The minimum Gasteiger partial charge on any atom is -0.376 e. The molecular weight excluding hydrogens is 200 g/mol. The van der Waals surface area contributed by atoms with Gasteiger partial charge in [0.1, 0.15) is 15.6 Å². The Morgan fingerprint density at radius 3 is 2.29 bits per heavy atom. The standard InChI is InChI=1S/C9H14N2O2S/c1-9(2,12)11-14(10,13)8-6-4-3-5-7-8/h3-7,12H,1-2H3,(H2,10,11,13). The van der Waals surface area contributed by atoms with Gasteiger partial charge in [-0.2, -0.15) is 4.72 Å². The summed E-state index contributed by atoms with van der Waals surface area (Å²) in [6, 6.07) is 8.37. The predicted octanol–water partition coefficient (Wildman–Crippen LogP) is 1.33. The Hall–Kier alpha value is -0.910. The summed E-state index contributed by atoms with van der Waals surface area (Å²) < 4.78 is 21.7. The average Bonchev–Trinajstić information content (AvgIpc) is 2.01. The molecule has 0 saturated heterocycles. The van der Waals surface area contributed by atoms with Crippen molar-refractivity contribution in [2.45, 2.75) is 24.5 Å². The highest BCUT2D eigenvalue weighted by Gasteiger charge is 2.19. The van der Waals surface area contributed by atoms with Crippen molar-refractivity contribution in [1.29, 1.82) is 4.78 Å². The number of nitrogens with one attached hydrogen (secondary N) is 2. The van der Waals surface area contributed by atoms with Gasteiger partial charge in [-0.25, -0.2) is 8.99 Å². The van der Waals surface area contributed by atoms with E-state index in [1.807, 2.05) is 0 Å². The van der Waals surface area contributed by atoms with E-state index in [4.69, 9.17) is 4.78 Å². The van der Waals surface area contributed by atoms with Crippen LogP contribution in [0.15, 0.2) is 35.2 Å². The van der Waals surface area contributed by atoms with E-state index in [9.17, 15) is 9.32 Å². The van der Waals surface area contributed by atoms with Gasteiger partial charge in [-0.15, -0.1) is 0 Å². The van der Waals surface area contributed by atoms with Crippen LogP contribution in [0.4, 0.5) is 0 Å². The summed E-state index contributed by atoms with van der Waals surface area (Å²) in [4.78, 5) is 0.363. The molecular formula is C9H14N2O2S. The second-order valence-electron chi connectivity index (χ2n) is 3.53. The number of hydrogen-bond acceptors (Lipinski definition) is 3. The molecule has 1 atom stereocenters. The molecule has 78 valence electrons. The molecule has 0 amide bonds. The van der Waals surface area contributed by atoms with Gasteiger partial charge in [-0.3, -0.25) is 0 Å². The van der Waals surface area contributed by atoms with Crippen LogP contribution in [0.1, 0.15) is 13.8 Å². The summed E-state index contributed by atoms with van der Waals surface area (Å²) in [6.45, 7) is 2.90. The van der Waals surface area contributed by atoms with Gasteiger partial charge >= 0.3 is 0 Å². The lowest BCUT2D eigenvalue weighted by Gasteiger charge is -2.21. The van der Waals surface area contributed by atoms with Gasteiger partial charge in [0.25, 0.3) is 0 Å². The summed E-state index contributed by atoms with van der Waals surface area (Å²) in [6.07, 6.45) is 0. The molecule has 3 N–H and O–H groups in total. The van der Waals surface area contributed by atoms with E-state index in [1.165, 1.54) is 13.8 Å². The third kappa shape index (κ3) is 3.10. The Labute approximate surface area is 84.1 Å². The summed E-state index contributed by atoms with van der Waals surface area (Å²) >= 11 is 0. The topological polar surface area (TPSA) is 73.2 Å². The first kappa shape index (κ1) is 11.2. The number of benzene rings is 1. The molecule has 0 aliphatic rings. The molecule has 0 heterocycles. The quantitative estimate of drug-likeness (QED) is 0.664. The fourth-order valence-corrected chi connectivity index (χ4v) is 2.38. The Bertz CT molecular complexity index is 393. The second-order valence-corrected chi connectivity index (χ2v) is 5.32. The van der Waals surface area contributed by atoms with Crippen molar-refractivity contribution in [3.05, 3.63) is 30.3 Å². The van der Waals surface area contributed by atoms with Crippen LogP contribution in [0.25, 0.3) is 0 Å². The third-order valence-corrected chi connectivity index (χ3v) is 3.19. The Morgan fingerprint density at radius 1 is 1.36 bits per heavy atom. The van der Waals surface area contributed by atoms with Crippen LogP contribution < -0.4 is 4.72 Å². The molecule has 0 bridgehead atoms. The highest BCUT2D eigenvalue weighted by atomic mass is 32.2. The SMILES string of the molecule is CC(C)(O)NS(=N)(=O)c1ccccc1. The smallest absolute Gasteiger partial charge is 0.136 e. The first-order valence-electron chi connectivity index (χ1n) is 4.16. The molecule has 1 aromatic carbocycles. The van der Waals surface area contributed by atoms with Crippen molar-refractivity contribution in [1.82, 2.24) is 4.72 Å². The van der Waals surface area contributed by atoms with Crippen molar-refractivity contribution in [3.8, 4) is 0 Å². The molecule has 0 aromatic heterocycles. The van der Waals surface area contributed by atoms with Crippen LogP contribution >= 0.6 is 0 Å². The first-order chi connectivity index (χ1) is 6.31. The normalized spacial score (nSPS) is 16.2. The van der Waals surface area contributed by atoms with E-state index in [2.05, 4.69) is 4.72 Å². The number of rotatable bonds is 3. The zero-order valence-corrected chi connectivity index (χ0v) is 8.97. The van der Waals surface area contributed by atoms with E-state index in [0.29, 0.717) is 4.90 Å². The molecule has 0 aliphatic carbocycles. The van der Waals surface area contributed by atoms with Crippen LogP contribution in [0.3, 0.4) is 0 Å². The molecule has 1 rings (SSSR count). The maximum Gasteiger partial charge on any atom is 0.136 e. The summed E-state index contributed by atoms with van der Waals surface area (Å²) in [5.74, 6) is 0. The minimum atomic E-state index is -3.12. The van der Waals surface area contributed by atoms with Crippen molar-refractivity contribution in [3.63, 3.8) is 0 Å². The highest BCUT2D eigenvalue weighted by Crippen LogP contribution is 2.11. The van der Waals surface area contributed by atoms with Crippen LogP contribution in [0.5, 0.6) is 0 Å². The predicted molar refractivity (Wildman–Crippen MR) is 55.0 cm³/mol. The molecule has 0 fully saturated rings. The zero-order valence-electron chi connectivity index (χ0n) is 8.15. The summed E-state index contributed by atoms with van der Waals surface area (Å²) in [5.41, 5.74) is -1.32. The molecule has 1 aromatic rings. The highest BCUT2D eigenvalue weighted by molar-refractivity contribution is 7.90. The van der Waals surface area contributed by atoms with Gasteiger partial charge in [0.2, 0.25) is 0 Å². The molecule has 0 spiro atoms. The summed E-state index contributed by atoms with van der Waals surface area (Å²) in [5, 5.41) is 9.40. The van der Waals surface area contributed by atoms with Gasteiger partial charge < -0.3 is 5.11 Å². The zero-order chi connectivity index (χ0) is 10.8. The maximum atomic E-state index is 11.8. The number of aliphatic hydroxyl groups is 1. The Morgan fingerprint density at radius 2 is 1.86 bits per heavy atom. The molecule has 0 radical (unpaired) electrons. The maximum absolute atomic E-state index is 11.8. The van der Waals surface area contributed by atoms with E-state index in [0.717, 1.165) is 0 Å². The van der Waals surface area contributed by atoms with E-state index >= 15 is 0 Å². The van der Waals surface area contributed by atoms with Crippen LogP contribution in [-0.4, -0.2) is 15.0 Å². The summed E-state index contributed by atoms with van der Waals surface area (Å²) in [7, 11) is -3.12. The third-order valence-electron chi connectivity index (χ3n) is 1.47. The molecule has 14 heavy (non-hydrogen) atoms. The Kier molecular flexibility index (Phi) is 2.94. The van der Waals surface area contributed by atoms with Crippen LogP contribution in [-0.2, 0) is 9.92 Å². The van der Waals surface area contributed by atoms with Gasteiger partial charge in [-0.05, 0) is 26.0 Å². The van der Waals surface area contributed by atoms with Crippen molar-refractivity contribution in [2.75, 3.05) is 0 Å². The van der Waals surface area contributed by atoms with E-state index in [-0.39, 0.29) is 0 Å². The molecule has 5 heteroatoms. The van der Waals surface area contributed by atoms with Crippen molar-refractivity contribution >= 4 is 9.92 Å². The van der Waals surface area contributed by atoms with Gasteiger partial charge in [-0.1, -0.05) is 18.2 Å². The largest absolute Gasteiger partial charge is 0.376 e. The van der Waals surface area contributed by atoms with E-state index in [1.54, 1.807) is 30.3 Å². The van der Waals surface area contributed by atoms with Crippen molar-refractivity contribution < 1.29 is 9.32 Å². The molecule has 0 saturated carbocycles. The van der Waals surface area contributed by atoms with E-state index < -0.39 is 15.6 Å². The lowest BCUT2D eigenvalue weighted by atomic mass is 10.4. The molecule has 4 nitrogen and oxygen atoms in total. The molecule has 1 unspecified atom stereocenters. The first-order valence-corrected chi connectivity index (χ1v) is 5.72. The van der Waals surface area contributed by atoms with Gasteiger partial charge in [0, 0.05) is 0 Å². The fourth-order valence-electron chi connectivity index (χ4n) is 1.02. The van der Waals surface area contributed by atoms with Crippen molar-refractivity contribution in [2.24, 2.45) is 0 Å². The van der Waals surface area contributed by atoms with Crippen LogP contribution in [0, 0.1) is 4.78 Å². The Balaban J connectivity index is 2.99. The van der Waals surface area contributed by atoms with Gasteiger partial charge in [0.15, 0.2) is 0 Å². The molecule has 0 aliphatic heterocycles. The lowest BCUT2D eigenvalue weighted by Crippen LogP contribution is -2.42. The second kappa shape index (κ2) is 3.68. The minimum absolute atomic E-state index is 0.363. The monoisotopic (exact) mass is 214 g/mol. The number of hydrogen-bond donors (Lipinski definition) is 3. The van der Waals surface area contributed by atoms with Gasteiger partial charge in [0.05, 0.1) is 4.90 Å².